The number of thiophene rings is 1. The summed E-state index contributed by atoms with van der Waals surface area (Å²) in [6.07, 6.45) is 1.41. The van der Waals surface area contributed by atoms with Crippen molar-refractivity contribution >= 4 is 17.2 Å². The molecule has 6 nitrogen and oxygen atoms in total. The molecule has 116 valence electrons. The molecule has 22 heavy (non-hydrogen) atoms. The number of hydrogen-bond acceptors (Lipinski definition) is 6. The number of amides is 1. The molecule has 0 N–H and O–H groups in total. The molecule has 0 radical (unpaired) electrons. The van der Waals surface area contributed by atoms with E-state index in [1.807, 2.05) is 17.5 Å². The van der Waals surface area contributed by atoms with E-state index in [4.69, 9.17) is 14.0 Å². The lowest BCUT2D eigenvalue weighted by atomic mass is 10.0. The van der Waals surface area contributed by atoms with Crippen molar-refractivity contribution in [3.63, 3.8) is 0 Å². The number of carbonyl (C=O) groups excluding carboxylic acids is 1. The number of ether oxygens (including phenoxy) is 2. The largest absolute Gasteiger partial charge is 0.355 e. The SMILES string of the molecule is O=C(c1cc(-c2cccs2)on1)N1CCC2(CC1)OCCO2. The molecular formula is C15H16N2O4S. The fourth-order valence-corrected chi connectivity index (χ4v) is 3.58. The van der Waals surface area contributed by atoms with Gasteiger partial charge in [0.1, 0.15) is 0 Å². The summed E-state index contributed by atoms with van der Waals surface area (Å²) in [6, 6.07) is 5.59. The van der Waals surface area contributed by atoms with E-state index in [1.54, 1.807) is 22.3 Å². The number of carbonyl (C=O) groups is 1. The Hall–Kier alpha value is -1.70. The number of aromatic nitrogens is 1. The van der Waals surface area contributed by atoms with Gasteiger partial charge < -0.3 is 18.9 Å². The van der Waals surface area contributed by atoms with Crippen molar-refractivity contribution in [1.82, 2.24) is 10.1 Å². The van der Waals surface area contributed by atoms with Gasteiger partial charge in [0, 0.05) is 32.0 Å². The first-order chi connectivity index (χ1) is 10.8. The first kappa shape index (κ1) is 13.9. The fraction of sp³-hybridized carbons (Fsp3) is 0.467. The van der Waals surface area contributed by atoms with Gasteiger partial charge in [-0.3, -0.25) is 4.79 Å². The maximum absolute atomic E-state index is 12.5. The van der Waals surface area contributed by atoms with Crippen LogP contribution in [0.3, 0.4) is 0 Å². The van der Waals surface area contributed by atoms with Gasteiger partial charge in [0.25, 0.3) is 5.91 Å². The summed E-state index contributed by atoms with van der Waals surface area (Å²) in [5, 5.41) is 5.88. The van der Waals surface area contributed by atoms with Crippen LogP contribution in [0.1, 0.15) is 23.3 Å². The van der Waals surface area contributed by atoms with Gasteiger partial charge >= 0.3 is 0 Å². The molecule has 7 heteroatoms. The molecule has 1 spiro atoms. The molecule has 0 aliphatic carbocycles. The second-order valence-electron chi connectivity index (χ2n) is 5.45. The van der Waals surface area contributed by atoms with Crippen LogP contribution in [0.2, 0.25) is 0 Å². The highest BCUT2D eigenvalue weighted by Gasteiger charge is 2.41. The Morgan fingerprint density at radius 2 is 2.05 bits per heavy atom. The van der Waals surface area contributed by atoms with E-state index in [0.29, 0.717) is 50.6 Å². The normalized spacial score (nSPS) is 20.6. The Morgan fingerprint density at radius 1 is 1.27 bits per heavy atom. The van der Waals surface area contributed by atoms with E-state index in [2.05, 4.69) is 5.16 Å². The second-order valence-corrected chi connectivity index (χ2v) is 6.40. The van der Waals surface area contributed by atoms with Gasteiger partial charge in [-0.25, -0.2) is 0 Å². The van der Waals surface area contributed by atoms with E-state index in [9.17, 15) is 4.79 Å². The highest BCUT2D eigenvalue weighted by atomic mass is 32.1. The van der Waals surface area contributed by atoms with Crippen LogP contribution in [0.15, 0.2) is 28.1 Å². The van der Waals surface area contributed by atoms with Gasteiger partial charge in [0.2, 0.25) is 0 Å². The summed E-state index contributed by atoms with van der Waals surface area (Å²) in [5.41, 5.74) is 0.354. The summed E-state index contributed by atoms with van der Waals surface area (Å²) in [6.45, 7) is 2.50. The third kappa shape index (κ3) is 2.45. The lowest BCUT2D eigenvalue weighted by Gasteiger charge is -2.37. The van der Waals surface area contributed by atoms with Gasteiger partial charge in [-0.05, 0) is 11.4 Å². The molecule has 2 aliphatic heterocycles. The van der Waals surface area contributed by atoms with Crippen LogP contribution in [0.25, 0.3) is 10.6 Å². The van der Waals surface area contributed by atoms with Gasteiger partial charge in [-0.2, -0.15) is 0 Å². The van der Waals surface area contributed by atoms with Crippen molar-refractivity contribution in [2.45, 2.75) is 18.6 Å². The first-order valence-electron chi connectivity index (χ1n) is 7.34. The van der Waals surface area contributed by atoms with Crippen molar-refractivity contribution in [2.75, 3.05) is 26.3 Å². The minimum absolute atomic E-state index is 0.0978. The van der Waals surface area contributed by atoms with E-state index >= 15 is 0 Å². The lowest BCUT2D eigenvalue weighted by Crippen LogP contribution is -2.47. The summed E-state index contributed by atoms with van der Waals surface area (Å²) < 4.78 is 16.6. The Bertz CT molecular complexity index is 651. The van der Waals surface area contributed by atoms with E-state index in [0.717, 1.165) is 4.88 Å². The molecule has 0 aromatic carbocycles. The minimum Gasteiger partial charge on any atom is -0.355 e. The summed E-state index contributed by atoms with van der Waals surface area (Å²) in [5.74, 6) is 0.0663. The number of hydrogen-bond donors (Lipinski definition) is 0. The Balaban J connectivity index is 1.44. The van der Waals surface area contributed by atoms with Crippen LogP contribution >= 0.6 is 11.3 Å². The molecule has 0 atom stereocenters. The van der Waals surface area contributed by atoms with Gasteiger partial charge in [0.05, 0.1) is 18.1 Å². The standard InChI is InChI=1S/C15H16N2O4S/c18-14(11-10-12(21-16-11)13-2-1-9-22-13)17-5-3-15(4-6-17)19-7-8-20-15/h1-2,9-10H,3-8H2. The lowest BCUT2D eigenvalue weighted by molar-refractivity contribution is -0.181. The Labute approximate surface area is 131 Å². The molecular weight excluding hydrogens is 304 g/mol. The zero-order valence-corrected chi connectivity index (χ0v) is 12.8. The number of nitrogens with zero attached hydrogens (tertiary/aromatic N) is 2. The molecule has 2 aromatic rings. The molecule has 4 rings (SSSR count). The minimum atomic E-state index is -0.470. The average Bonchev–Trinajstić information content (AvgIpc) is 3.29. The van der Waals surface area contributed by atoms with Crippen LogP contribution in [0.5, 0.6) is 0 Å². The Kier molecular flexibility index (Phi) is 3.48. The first-order valence-corrected chi connectivity index (χ1v) is 8.22. The van der Waals surface area contributed by atoms with Crippen LogP contribution in [-0.4, -0.2) is 48.1 Å². The van der Waals surface area contributed by atoms with Gasteiger partial charge in [0.15, 0.2) is 17.2 Å². The quantitative estimate of drug-likeness (QED) is 0.850. The van der Waals surface area contributed by atoms with Crippen LogP contribution < -0.4 is 0 Å². The van der Waals surface area contributed by atoms with Crippen molar-refractivity contribution < 1.29 is 18.8 Å². The number of rotatable bonds is 2. The van der Waals surface area contributed by atoms with Crippen LogP contribution in [0.4, 0.5) is 0 Å². The van der Waals surface area contributed by atoms with E-state index in [-0.39, 0.29) is 5.91 Å². The molecule has 2 saturated heterocycles. The van der Waals surface area contributed by atoms with Crippen molar-refractivity contribution in [1.29, 1.82) is 0 Å². The predicted molar refractivity (Wildman–Crippen MR) is 79.6 cm³/mol. The molecule has 1 amide bonds. The van der Waals surface area contributed by atoms with E-state index in [1.165, 1.54) is 0 Å². The van der Waals surface area contributed by atoms with Crippen LogP contribution in [0, 0.1) is 0 Å². The van der Waals surface area contributed by atoms with Crippen molar-refractivity contribution in [3.8, 4) is 10.6 Å². The summed E-state index contributed by atoms with van der Waals surface area (Å²) in [4.78, 5) is 15.3. The molecule has 0 saturated carbocycles. The summed E-state index contributed by atoms with van der Waals surface area (Å²) in [7, 11) is 0. The number of piperidine rings is 1. The van der Waals surface area contributed by atoms with Crippen molar-refractivity contribution in [3.05, 3.63) is 29.3 Å². The third-order valence-corrected chi connectivity index (χ3v) is 5.00. The van der Waals surface area contributed by atoms with Gasteiger partial charge in [-0.15, -0.1) is 11.3 Å². The summed E-state index contributed by atoms with van der Waals surface area (Å²) >= 11 is 1.56. The zero-order valence-electron chi connectivity index (χ0n) is 12.0. The molecule has 0 unspecified atom stereocenters. The maximum Gasteiger partial charge on any atom is 0.276 e. The third-order valence-electron chi connectivity index (χ3n) is 4.12. The highest BCUT2D eigenvalue weighted by molar-refractivity contribution is 7.13. The molecule has 2 aromatic heterocycles. The van der Waals surface area contributed by atoms with Crippen LogP contribution in [-0.2, 0) is 9.47 Å². The molecule has 0 bridgehead atoms. The molecule has 2 aliphatic rings. The molecule has 2 fully saturated rings. The Morgan fingerprint density at radius 3 is 2.73 bits per heavy atom. The fourth-order valence-electron chi connectivity index (χ4n) is 2.91. The number of likely N-dealkylation sites (tertiary alicyclic amines) is 1. The average molecular weight is 320 g/mol. The van der Waals surface area contributed by atoms with E-state index < -0.39 is 5.79 Å². The predicted octanol–water partition coefficient (Wildman–Crippen LogP) is 2.38. The highest BCUT2D eigenvalue weighted by Crippen LogP contribution is 2.32. The van der Waals surface area contributed by atoms with Gasteiger partial charge in [-0.1, -0.05) is 11.2 Å². The maximum atomic E-state index is 12.5. The topological polar surface area (TPSA) is 64.8 Å². The van der Waals surface area contributed by atoms with Crippen molar-refractivity contribution in [2.24, 2.45) is 0 Å². The zero-order chi connectivity index (χ0) is 15.0. The second kappa shape index (κ2) is 5.49. The molecule has 4 heterocycles. The monoisotopic (exact) mass is 320 g/mol. The smallest absolute Gasteiger partial charge is 0.276 e.